The summed E-state index contributed by atoms with van der Waals surface area (Å²) < 4.78 is 0. The Morgan fingerprint density at radius 2 is 0.589 bits per heavy atom. The molecule has 0 heterocycles. The smallest absolute Gasteiger partial charge is 0.141 e. The summed E-state index contributed by atoms with van der Waals surface area (Å²) in [5.41, 5.74) is 10.8. The highest BCUT2D eigenvalue weighted by Gasteiger charge is 2.29. The van der Waals surface area contributed by atoms with Crippen molar-refractivity contribution in [2.24, 2.45) is 11.8 Å². The maximum atomic E-state index is 13.6. The maximum Gasteiger partial charge on any atom is 0.141 e. The predicted molar refractivity (Wildman–Crippen MR) is 243 cm³/mol. The molecule has 0 amide bonds. The van der Waals surface area contributed by atoms with Crippen LogP contribution in [0, 0.1) is 11.8 Å². The normalized spacial score (nSPS) is 11.0. The maximum absolute atomic E-state index is 13.6. The molecular weight excluding hydrogens is 689 g/mol. The Bertz CT molecular complexity index is 1620. The van der Waals surface area contributed by atoms with Gasteiger partial charge in [-0.05, 0) is 151 Å². The third-order valence-corrected chi connectivity index (χ3v) is 11.2. The fourth-order valence-electron chi connectivity index (χ4n) is 7.93. The van der Waals surface area contributed by atoms with Crippen molar-refractivity contribution < 1.29 is 9.59 Å². The average Bonchev–Trinajstić information content (AvgIpc) is 3.21. The van der Waals surface area contributed by atoms with E-state index in [1.54, 1.807) is 13.8 Å². The second-order valence-electron chi connectivity index (χ2n) is 14.3. The number of hydrogen-bond donors (Lipinski definition) is 0. The largest absolute Gasteiger partial charge is 0.372 e. The molecular formula is C50H66N4O2. The Morgan fingerprint density at radius 3 is 0.750 bits per heavy atom. The van der Waals surface area contributed by atoms with E-state index >= 15 is 0 Å². The molecule has 4 aromatic rings. The third-order valence-electron chi connectivity index (χ3n) is 11.2. The number of nitrogens with zero attached hydrogens (tertiary/aromatic N) is 4. The molecule has 0 fully saturated rings. The van der Waals surface area contributed by atoms with Crippen LogP contribution in [0.2, 0.25) is 0 Å². The molecule has 4 aromatic carbocycles. The molecule has 298 valence electrons. The number of carbonyl (C=O) groups excluding carboxylic acids is 2. The van der Waals surface area contributed by atoms with Crippen LogP contribution >= 0.6 is 0 Å². The SMILES string of the molecule is CCN(CC)c1ccc(C(=CC(C=C(c2ccc(N(CC)CC)cc2)c2ccc(N(CC)CC)cc2)C(C(C)=O)C(C)=O)c2ccc(N(CC)CC)cc2)cc1. The molecule has 0 bridgehead atoms. The van der Waals surface area contributed by atoms with Gasteiger partial charge >= 0.3 is 0 Å². The lowest BCUT2D eigenvalue weighted by atomic mass is 9.80. The van der Waals surface area contributed by atoms with E-state index in [0.29, 0.717) is 0 Å². The van der Waals surface area contributed by atoms with Crippen LogP contribution in [-0.4, -0.2) is 63.9 Å². The summed E-state index contributed by atoms with van der Waals surface area (Å²) in [7, 11) is 0. The first-order valence-corrected chi connectivity index (χ1v) is 20.9. The molecule has 56 heavy (non-hydrogen) atoms. The molecule has 0 atom stereocenters. The van der Waals surface area contributed by atoms with E-state index in [-0.39, 0.29) is 11.6 Å². The van der Waals surface area contributed by atoms with Crippen LogP contribution in [0.4, 0.5) is 22.7 Å². The summed E-state index contributed by atoms with van der Waals surface area (Å²) in [6.07, 6.45) is 4.34. The lowest BCUT2D eigenvalue weighted by Crippen LogP contribution is -2.27. The molecule has 0 N–H and O–H groups in total. The second-order valence-corrected chi connectivity index (χ2v) is 14.3. The first-order valence-electron chi connectivity index (χ1n) is 20.9. The zero-order valence-electron chi connectivity index (χ0n) is 35.8. The van der Waals surface area contributed by atoms with Crippen LogP contribution in [-0.2, 0) is 9.59 Å². The molecule has 0 aromatic heterocycles. The fraction of sp³-hybridized carbons (Fsp3) is 0.400. The van der Waals surface area contributed by atoms with Gasteiger partial charge in [0.1, 0.15) is 11.6 Å². The molecule has 0 saturated heterocycles. The van der Waals surface area contributed by atoms with Crippen molar-refractivity contribution >= 4 is 45.5 Å². The average molecular weight is 755 g/mol. The van der Waals surface area contributed by atoms with Crippen LogP contribution in [0.15, 0.2) is 109 Å². The Labute approximate surface area is 338 Å². The van der Waals surface area contributed by atoms with Crippen molar-refractivity contribution in [1.82, 2.24) is 0 Å². The van der Waals surface area contributed by atoms with Crippen molar-refractivity contribution in [3.8, 4) is 0 Å². The van der Waals surface area contributed by atoms with Crippen LogP contribution in [0.1, 0.15) is 91.5 Å². The zero-order chi connectivity index (χ0) is 40.8. The van der Waals surface area contributed by atoms with E-state index < -0.39 is 11.8 Å². The van der Waals surface area contributed by atoms with Gasteiger partial charge in [0.05, 0.1) is 5.92 Å². The Kier molecular flexibility index (Phi) is 16.6. The van der Waals surface area contributed by atoms with Gasteiger partial charge in [0.2, 0.25) is 0 Å². The first kappa shape index (κ1) is 43.6. The van der Waals surface area contributed by atoms with E-state index in [4.69, 9.17) is 0 Å². The van der Waals surface area contributed by atoms with Crippen LogP contribution in [0.5, 0.6) is 0 Å². The summed E-state index contributed by atoms with van der Waals surface area (Å²) in [6, 6.07) is 34.8. The van der Waals surface area contributed by atoms with Crippen LogP contribution in [0.25, 0.3) is 11.1 Å². The number of benzene rings is 4. The summed E-state index contributed by atoms with van der Waals surface area (Å²) in [5.74, 6) is -1.66. The van der Waals surface area contributed by atoms with Crippen LogP contribution < -0.4 is 19.6 Å². The third kappa shape index (κ3) is 10.6. The minimum absolute atomic E-state index is 0.142. The molecule has 0 radical (unpaired) electrons. The fourth-order valence-corrected chi connectivity index (χ4v) is 7.93. The highest BCUT2D eigenvalue weighted by molar-refractivity contribution is 6.02. The summed E-state index contributed by atoms with van der Waals surface area (Å²) in [6.45, 7) is 27.9. The van der Waals surface area contributed by atoms with E-state index in [1.165, 1.54) is 22.7 Å². The van der Waals surface area contributed by atoms with Crippen LogP contribution in [0.3, 0.4) is 0 Å². The molecule has 6 heteroatoms. The predicted octanol–water partition coefficient (Wildman–Crippen LogP) is 11.0. The molecule has 0 spiro atoms. The number of allylic oxidation sites excluding steroid dienone is 2. The highest BCUT2D eigenvalue weighted by atomic mass is 16.1. The van der Waals surface area contributed by atoms with Crippen molar-refractivity contribution in [3.63, 3.8) is 0 Å². The quantitative estimate of drug-likeness (QED) is 0.0790. The van der Waals surface area contributed by atoms with Gasteiger partial charge in [0.25, 0.3) is 0 Å². The van der Waals surface area contributed by atoms with Gasteiger partial charge in [-0.2, -0.15) is 0 Å². The number of Topliss-reactive ketones (excluding diaryl/α,β-unsaturated/α-hetero) is 2. The van der Waals surface area contributed by atoms with Gasteiger partial charge in [0.15, 0.2) is 0 Å². The Balaban J connectivity index is 2.03. The zero-order valence-corrected chi connectivity index (χ0v) is 35.8. The van der Waals surface area contributed by atoms with Gasteiger partial charge in [0, 0.05) is 81.0 Å². The van der Waals surface area contributed by atoms with E-state index in [0.717, 1.165) is 85.8 Å². The molecule has 4 rings (SSSR count). The molecule has 0 aliphatic rings. The van der Waals surface area contributed by atoms with Gasteiger partial charge in [-0.3, -0.25) is 9.59 Å². The van der Waals surface area contributed by atoms with Gasteiger partial charge in [-0.1, -0.05) is 60.7 Å². The highest BCUT2D eigenvalue weighted by Crippen LogP contribution is 2.35. The lowest BCUT2D eigenvalue weighted by molar-refractivity contribution is -0.131. The summed E-state index contributed by atoms with van der Waals surface area (Å²) in [5, 5.41) is 0. The number of anilines is 4. The van der Waals surface area contributed by atoms with Gasteiger partial charge in [-0.25, -0.2) is 0 Å². The van der Waals surface area contributed by atoms with Crippen molar-refractivity contribution in [1.29, 1.82) is 0 Å². The number of hydrogen-bond acceptors (Lipinski definition) is 6. The number of carbonyl (C=O) groups is 2. The minimum Gasteiger partial charge on any atom is -0.372 e. The number of rotatable bonds is 21. The standard InChI is InChI=1S/C50H66N4O2/c1-11-51(12-2)44-27-19-39(20-28-44)48(40-21-29-45(30-22-40)52(13-3)14-4)35-43(50(37(9)55)38(10)56)36-49(41-23-31-46(32-24-41)53(15-5)16-6)42-25-33-47(34-26-42)54(17-7)18-8/h19-36,43,50H,11-18H2,1-10H3. The molecule has 0 saturated carbocycles. The summed E-state index contributed by atoms with van der Waals surface area (Å²) in [4.78, 5) is 36.5. The van der Waals surface area contributed by atoms with Crippen molar-refractivity contribution in [3.05, 3.63) is 131 Å². The Hall–Kier alpha value is -5.10. The molecule has 6 nitrogen and oxygen atoms in total. The molecule has 0 aliphatic heterocycles. The van der Waals surface area contributed by atoms with E-state index in [1.807, 2.05) is 0 Å². The number of ketones is 2. The van der Waals surface area contributed by atoms with Gasteiger partial charge < -0.3 is 19.6 Å². The van der Waals surface area contributed by atoms with E-state index in [9.17, 15) is 9.59 Å². The van der Waals surface area contributed by atoms with Crippen molar-refractivity contribution in [2.75, 3.05) is 72.0 Å². The second kappa shape index (κ2) is 21.3. The monoisotopic (exact) mass is 755 g/mol. The van der Waals surface area contributed by atoms with Gasteiger partial charge in [-0.15, -0.1) is 0 Å². The first-order chi connectivity index (χ1) is 27.1. The Morgan fingerprint density at radius 1 is 0.393 bits per heavy atom. The minimum atomic E-state index is -0.852. The summed E-state index contributed by atoms with van der Waals surface area (Å²) >= 11 is 0. The molecule has 0 aliphatic carbocycles. The molecule has 0 unspecified atom stereocenters. The van der Waals surface area contributed by atoms with Crippen molar-refractivity contribution in [2.45, 2.75) is 69.2 Å². The van der Waals surface area contributed by atoms with E-state index in [2.05, 4.69) is 184 Å². The topological polar surface area (TPSA) is 47.1 Å². The lowest BCUT2D eigenvalue weighted by Gasteiger charge is -2.25.